The Hall–Kier alpha value is -1.34. The van der Waals surface area contributed by atoms with Crippen molar-refractivity contribution in [3.05, 3.63) is 47.5 Å². The molecule has 2 aromatic rings. The molecule has 1 aliphatic heterocycles. The standard InChI is InChI=1S/C14H12O/c1-2-4-10-8-12-11(7-9(10)3-1)5-6-13-14(12)15-13/h1-4,7-8,13-14H,5-6H2. The maximum atomic E-state index is 5.65. The van der Waals surface area contributed by atoms with E-state index in [1.807, 2.05) is 0 Å². The van der Waals surface area contributed by atoms with Crippen LogP contribution >= 0.6 is 0 Å². The van der Waals surface area contributed by atoms with Gasteiger partial charge in [-0.25, -0.2) is 0 Å². The summed E-state index contributed by atoms with van der Waals surface area (Å²) in [6.07, 6.45) is 3.33. The molecular formula is C14H12O. The molecule has 1 heteroatoms. The van der Waals surface area contributed by atoms with Crippen LogP contribution in [-0.4, -0.2) is 6.10 Å². The van der Waals surface area contributed by atoms with Crippen LogP contribution in [-0.2, 0) is 11.2 Å². The molecule has 1 aliphatic carbocycles. The SMILES string of the molecule is c1ccc2cc3c(cc2c1)CCC1OC31. The van der Waals surface area contributed by atoms with E-state index in [0.29, 0.717) is 12.2 Å². The van der Waals surface area contributed by atoms with E-state index in [2.05, 4.69) is 36.4 Å². The summed E-state index contributed by atoms with van der Waals surface area (Å²) < 4.78 is 5.65. The summed E-state index contributed by atoms with van der Waals surface area (Å²) >= 11 is 0. The number of rotatable bonds is 0. The van der Waals surface area contributed by atoms with Crippen LogP contribution in [0.15, 0.2) is 36.4 Å². The fourth-order valence-corrected chi connectivity index (χ4v) is 2.72. The molecule has 1 fully saturated rings. The monoisotopic (exact) mass is 196 g/mol. The minimum Gasteiger partial charge on any atom is -0.364 e. The number of fused-ring (bicyclic) bond motifs is 4. The average molecular weight is 196 g/mol. The van der Waals surface area contributed by atoms with Crippen molar-refractivity contribution < 1.29 is 4.74 Å². The Morgan fingerprint density at radius 1 is 1.07 bits per heavy atom. The first-order valence-electron chi connectivity index (χ1n) is 5.59. The maximum absolute atomic E-state index is 5.65. The first kappa shape index (κ1) is 7.89. The van der Waals surface area contributed by atoms with Crippen LogP contribution in [0.3, 0.4) is 0 Å². The molecule has 0 bridgehead atoms. The van der Waals surface area contributed by atoms with Gasteiger partial charge in [-0.1, -0.05) is 30.3 Å². The van der Waals surface area contributed by atoms with Crippen LogP contribution in [0, 0.1) is 0 Å². The van der Waals surface area contributed by atoms with Gasteiger partial charge in [0.05, 0.1) is 6.10 Å². The van der Waals surface area contributed by atoms with Gasteiger partial charge in [-0.3, -0.25) is 0 Å². The van der Waals surface area contributed by atoms with E-state index in [0.717, 1.165) is 0 Å². The molecule has 2 atom stereocenters. The number of ether oxygens (including phenoxy) is 1. The van der Waals surface area contributed by atoms with Crippen molar-refractivity contribution in [2.45, 2.75) is 25.0 Å². The Morgan fingerprint density at radius 2 is 1.87 bits per heavy atom. The highest BCUT2D eigenvalue weighted by atomic mass is 16.6. The summed E-state index contributed by atoms with van der Waals surface area (Å²) in [5.74, 6) is 0. The Bertz CT molecular complexity index is 544. The van der Waals surface area contributed by atoms with Gasteiger partial charge in [0.2, 0.25) is 0 Å². The third-order valence-electron chi connectivity index (χ3n) is 3.59. The third-order valence-corrected chi connectivity index (χ3v) is 3.59. The smallest absolute Gasteiger partial charge is 0.109 e. The average Bonchev–Trinajstić information content (AvgIpc) is 3.06. The fourth-order valence-electron chi connectivity index (χ4n) is 2.72. The third kappa shape index (κ3) is 1.07. The Balaban J connectivity index is 2.02. The number of epoxide rings is 1. The van der Waals surface area contributed by atoms with Gasteiger partial charge in [0.1, 0.15) is 6.10 Å². The second-order valence-electron chi connectivity index (χ2n) is 4.53. The van der Waals surface area contributed by atoms with Gasteiger partial charge in [0.15, 0.2) is 0 Å². The van der Waals surface area contributed by atoms with Crippen molar-refractivity contribution in [2.24, 2.45) is 0 Å². The van der Waals surface area contributed by atoms with Crippen molar-refractivity contribution in [2.75, 3.05) is 0 Å². The topological polar surface area (TPSA) is 12.5 Å². The second-order valence-corrected chi connectivity index (χ2v) is 4.53. The maximum Gasteiger partial charge on any atom is 0.109 e. The van der Waals surface area contributed by atoms with Crippen LogP contribution in [0.4, 0.5) is 0 Å². The van der Waals surface area contributed by atoms with E-state index >= 15 is 0 Å². The van der Waals surface area contributed by atoms with E-state index in [-0.39, 0.29) is 0 Å². The van der Waals surface area contributed by atoms with Crippen molar-refractivity contribution in [3.63, 3.8) is 0 Å². The summed E-state index contributed by atoms with van der Waals surface area (Å²) in [5.41, 5.74) is 2.93. The summed E-state index contributed by atoms with van der Waals surface area (Å²) in [7, 11) is 0. The number of hydrogen-bond donors (Lipinski definition) is 0. The predicted octanol–water partition coefficient (Wildman–Crippen LogP) is 3.23. The highest BCUT2D eigenvalue weighted by molar-refractivity contribution is 5.84. The first-order valence-corrected chi connectivity index (χ1v) is 5.59. The second kappa shape index (κ2) is 2.61. The number of benzene rings is 2. The molecule has 0 radical (unpaired) electrons. The minimum atomic E-state index is 0.415. The lowest BCUT2D eigenvalue weighted by Crippen LogP contribution is -2.04. The zero-order valence-corrected chi connectivity index (χ0v) is 8.44. The summed E-state index contributed by atoms with van der Waals surface area (Å²) in [6, 6.07) is 13.2. The lowest BCUT2D eigenvalue weighted by Gasteiger charge is -2.13. The number of aryl methyl sites for hydroxylation is 1. The zero-order chi connectivity index (χ0) is 9.83. The van der Waals surface area contributed by atoms with Gasteiger partial charge >= 0.3 is 0 Å². The number of hydrogen-bond acceptors (Lipinski definition) is 1. The molecule has 1 nitrogen and oxygen atoms in total. The Morgan fingerprint density at radius 3 is 2.73 bits per heavy atom. The first-order chi connectivity index (χ1) is 7.42. The van der Waals surface area contributed by atoms with Gasteiger partial charge in [0, 0.05) is 0 Å². The molecule has 0 aromatic heterocycles. The quantitative estimate of drug-likeness (QED) is 0.589. The van der Waals surface area contributed by atoms with E-state index in [1.165, 1.54) is 34.7 Å². The van der Waals surface area contributed by atoms with Crippen molar-refractivity contribution in [3.8, 4) is 0 Å². The molecule has 1 heterocycles. The van der Waals surface area contributed by atoms with Crippen LogP contribution in [0.5, 0.6) is 0 Å². The normalized spacial score (nSPS) is 27.2. The highest BCUT2D eigenvalue weighted by Crippen LogP contribution is 2.47. The molecule has 2 aliphatic rings. The summed E-state index contributed by atoms with van der Waals surface area (Å²) in [6.45, 7) is 0. The molecule has 2 aromatic carbocycles. The van der Waals surface area contributed by atoms with Crippen LogP contribution in [0.25, 0.3) is 10.8 Å². The Kier molecular flexibility index (Phi) is 1.37. The van der Waals surface area contributed by atoms with Gasteiger partial charge in [-0.2, -0.15) is 0 Å². The summed E-state index contributed by atoms with van der Waals surface area (Å²) in [5, 5.41) is 2.70. The largest absolute Gasteiger partial charge is 0.364 e. The lowest BCUT2D eigenvalue weighted by atomic mass is 9.89. The zero-order valence-electron chi connectivity index (χ0n) is 8.44. The van der Waals surface area contributed by atoms with Crippen molar-refractivity contribution >= 4 is 10.8 Å². The lowest BCUT2D eigenvalue weighted by molar-refractivity contribution is 0.373. The van der Waals surface area contributed by atoms with Gasteiger partial charge in [0.25, 0.3) is 0 Å². The molecule has 15 heavy (non-hydrogen) atoms. The molecule has 2 unspecified atom stereocenters. The molecular weight excluding hydrogens is 184 g/mol. The minimum absolute atomic E-state index is 0.415. The fraction of sp³-hybridized carbons (Fsp3) is 0.286. The molecule has 1 saturated heterocycles. The van der Waals surface area contributed by atoms with Crippen LogP contribution in [0.2, 0.25) is 0 Å². The highest BCUT2D eigenvalue weighted by Gasteiger charge is 2.43. The van der Waals surface area contributed by atoms with Crippen molar-refractivity contribution in [1.29, 1.82) is 0 Å². The summed E-state index contributed by atoms with van der Waals surface area (Å²) in [4.78, 5) is 0. The van der Waals surface area contributed by atoms with Gasteiger partial charge in [-0.05, 0) is 40.8 Å². The van der Waals surface area contributed by atoms with Gasteiger partial charge < -0.3 is 4.74 Å². The van der Waals surface area contributed by atoms with E-state index in [4.69, 9.17) is 4.74 Å². The molecule has 0 N–H and O–H groups in total. The van der Waals surface area contributed by atoms with E-state index < -0.39 is 0 Å². The van der Waals surface area contributed by atoms with Crippen LogP contribution in [0.1, 0.15) is 23.7 Å². The Labute approximate surface area is 88.7 Å². The van der Waals surface area contributed by atoms with Crippen LogP contribution < -0.4 is 0 Å². The van der Waals surface area contributed by atoms with Gasteiger partial charge in [-0.15, -0.1) is 0 Å². The molecule has 0 amide bonds. The molecule has 0 saturated carbocycles. The molecule has 0 spiro atoms. The van der Waals surface area contributed by atoms with E-state index in [9.17, 15) is 0 Å². The molecule has 74 valence electrons. The van der Waals surface area contributed by atoms with E-state index in [1.54, 1.807) is 0 Å². The predicted molar refractivity (Wildman–Crippen MR) is 59.9 cm³/mol. The molecule has 4 rings (SSSR count). The van der Waals surface area contributed by atoms with Crippen molar-refractivity contribution in [1.82, 2.24) is 0 Å².